The Hall–Kier alpha value is -2.60. The van der Waals surface area contributed by atoms with Crippen LogP contribution >= 0.6 is 0 Å². The summed E-state index contributed by atoms with van der Waals surface area (Å²) in [6.45, 7) is 0.485. The molecule has 3 amide bonds. The molecule has 0 radical (unpaired) electrons. The minimum Gasteiger partial charge on any atom is -0.463 e. The number of imide groups is 1. The molecular formula is C14H16N3O3+. The summed E-state index contributed by atoms with van der Waals surface area (Å²) in [5, 5.41) is 3.89. The van der Waals surface area contributed by atoms with Crippen LogP contribution in [-0.4, -0.2) is 11.9 Å². The molecule has 0 spiro atoms. The number of quaternary nitrogens is 1. The van der Waals surface area contributed by atoms with Crippen LogP contribution in [0.3, 0.4) is 0 Å². The molecule has 2 rings (SSSR count). The summed E-state index contributed by atoms with van der Waals surface area (Å²) in [4.78, 5) is 22.9. The van der Waals surface area contributed by atoms with E-state index in [4.69, 9.17) is 10.2 Å². The molecule has 0 saturated carbocycles. The molecule has 1 atom stereocenters. The van der Waals surface area contributed by atoms with Gasteiger partial charge in [-0.2, -0.15) is 0 Å². The van der Waals surface area contributed by atoms with Crippen molar-refractivity contribution in [2.45, 2.75) is 12.6 Å². The highest BCUT2D eigenvalue weighted by molar-refractivity contribution is 5.96. The third kappa shape index (κ3) is 3.69. The van der Waals surface area contributed by atoms with Crippen molar-refractivity contribution in [3.8, 4) is 0 Å². The molecule has 0 aliphatic rings. The zero-order valence-corrected chi connectivity index (χ0v) is 10.8. The van der Waals surface area contributed by atoms with Crippen molar-refractivity contribution < 1.29 is 19.3 Å². The molecule has 0 aliphatic carbocycles. The Morgan fingerprint density at radius 1 is 1.20 bits per heavy atom. The molecule has 1 aromatic carbocycles. The maximum Gasteiger partial charge on any atom is 0.319 e. The summed E-state index contributed by atoms with van der Waals surface area (Å²) in [5.41, 5.74) is 5.79. The van der Waals surface area contributed by atoms with E-state index in [1.165, 1.54) is 0 Å². The van der Waals surface area contributed by atoms with Crippen molar-refractivity contribution in [1.29, 1.82) is 0 Å². The maximum atomic E-state index is 12.0. The minimum atomic E-state index is -0.859. The number of carbonyl (C=O) groups is 2. The summed E-state index contributed by atoms with van der Waals surface area (Å²) < 4.78 is 5.23. The number of benzene rings is 1. The number of hydrogen-bond donors (Lipinski definition) is 3. The van der Waals surface area contributed by atoms with Crippen molar-refractivity contribution in [1.82, 2.24) is 5.32 Å². The van der Waals surface area contributed by atoms with Crippen LogP contribution < -0.4 is 16.4 Å². The number of nitrogens with two attached hydrogens (primary N) is 2. The van der Waals surface area contributed by atoms with Gasteiger partial charge in [-0.3, -0.25) is 10.1 Å². The highest BCUT2D eigenvalue weighted by atomic mass is 16.3. The van der Waals surface area contributed by atoms with Gasteiger partial charge >= 0.3 is 6.03 Å². The van der Waals surface area contributed by atoms with Crippen LogP contribution in [0.5, 0.6) is 0 Å². The Morgan fingerprint density at radius 3 is 2.55 bits per heavy atom. The molecule has 6 heteroatoms. The number of hydrogen-bond acceptors (Lipinski definition) is 3. The van der Waals surface area contributed by atoms with Crippen LogP contribution in [0.1, 0.15) is 17.4 Å². The molecule has 6 nitrogen and oxygen atoms in total. The van der Waals surface area contributed by atoms with Crippen LogP contribution in [0.2, 0.25) is 0 Å². The van der Waals surface area contributed by atoms with Gasteiger partial charge in [0, 0.05) is 5.56 Å². The lowest BCUT2D eigenvalue weighted by Crippen LogP contribution is -2.86. The molecule has 0 saturated heterocycles. The van der Waals surface area contributed by atoms with Crippen LogP contribution in [0.4, 0.5) is 4.79 Å². The Labute approximate surface area is 116 Å². The fraction of sp³-hybridized carbons (Fsp3) is 0.143. The second kappa shape index (κ2) is 6.53. The molecule has 2 aromatic rings. The molecule has 1 aromatic heterocycles. The van der Waals surface area contributed by atoms with Crippen molar-refractivity contribution >= 4 is 11.9 Å². The zero-order chi connectivity index (χ0) is 14.4. The first-order valence-electron chi connectivity index (χ1n) is 6.18. The lowest BCUT2D eigenvalue weighted by atomic mass is 10.1. The number of urea groups is 1. The number of rotatable bonds is 5. The van der Waals surface area contributed by atoms with Gasteiger partial charge in [-0.1, -0.05) is 30.3 Å². The standard InChI is InChI=1S/C14H15N3O3/c15-14(19)17-13(18)12(10-5-2-1-3-6-10)16-9-11-7-4-8-20-11/h1-8,12,16H,9H2,(H3,15,17,18,19)/p+1/t12-/m1/s1. The van der Waals surface area contributed by atoms with E-state index in [0.717, 1.165) is 11.3 Å². The largest absolute Gasteiger partial charge is 0.463 e. The number of nitrogens with one attached hydrogen (secondary N) is 1. The van der Waals surface area contributed by atoms with E-state index >= 15 is 0 Å². The third-order valence-electron chi connectivity index (χ3n) is 2.82. The monoisotopic (exact) mass is 274 g/mol. The molecule has 0 fully saturated rings. The molecule has 0 bridgehead atoms. The average Bonchev–Trinajstić information content (AvgIpc) is 2.92. The highest BCUT2D eigenvalue weighted by Gasteiger charge is 2.25. The second-order valence-corrected chi connectivity index (χ2v) is 4.26. The zero-order valence-electron chi connectivity index (χ0n) is 10.8. The maximum absolute atomic E-state index is 12.0. The van der Waals surface area contributed by atoms with E-state index in [9.17, 15) is 9.59 Å². The van der Waals surface area contributed by atoms with Gasteiger partial charge in [0.1, 0.15) is 6.54 Å². The van der Waals surface area contributed by atoms with E-state index in [-0.39, 0.29) is 0 Å². The Balaban J connectivity index is 2.11. The van der Waals surface area contributed by atoms with E-state index in [2.05, 4.69) is 5.32 Å². The molecule has 0 unspecified atom stereocenters. The Bertz CT molecular complexity index is 567. The fourth-order valence-electron chi connectivity index (χ4n) is 1.92. The molecular weight excluding hydrogens is 258 g/mol. The van der Waals surface area contributed by atoms with Crippen LogP contribution in [0.15, 0.2) is 53.1 Å². The minimum absolute atomic E-state index is 0.449. The second-order valence-electron chi connectivity index (χ2n) is 4.26. The van der Waals surface area contributed by atoms with Gasteiger partial charge in [0.2, 0.25) is 0 Å². The van der Waals surface area contributed by atoms with Crippen LogP contribution in [0.25, 0.3) is 0 Å². The number of carbonyl (C=O) groups excluding carboxylic acids is 2. The number of primary amides is 1. The highest BCUT2D eigenvalue weighted by Crippen LogP contribution is 2.09. The van der Waals surface area contributed by atoms with Gasteiger partial charge in [-0.25, -0.2) is 4.79 Å². The predicted molar refractivity (Wildman–Crippen MR) is 71.2 cm³/mol. The van der Waals surface area contributed by atoms with Crippen molar-refractivity contribution in [2.75, 3.05) is 0 Å². The SMILES string of the molecule is NC(=O)NC(=O)[C@H]([NH2+]Cc1ccco1)c1ccccc1. The molecule has 104 valence electrons. The van der Waals surface area contributed by atoms with E-state index in [1.54, 1.807) is 17.6 Å². The number of amides is 3. The van der Waals surface area contributed by atoms with Gasteiger partial charge in [0.25, 0.3) is 5.91 Å². The molecule has 1 heterocycles. The summed E-state index contributed by atoms with van der Waals surface area (Å²) in [6, 6.07) is 11.4. The first kappa shape index (κ1) is 13.8. The fourth-order valence-corrected chi connectivity index (χ4v) is 1.92. The molecule has 20 heavy (non-hydrogen) atoms. The van der Waals surface area contributed by atoms with Crippen LogP contribution in [0, 0.1) is 0 Å². The van der Waals surface area contributed by atoms with E-state index in [1.807, 2.05) is 36.4 Å². The van der Waals surface area contributed by atoms with Gasteiger partial charge in [0.15, 0.2) is 11.8 Å². The lowest BCUT2D eigenvalue weighted by molar-refractivity contribution is -0.699. The molecule has 0 aliphatic heterocycles. The van der Waals surface area contributed by atoms with Gasteiger partial charge in [-0.15, -0.1) is 0 Å². The van der Waals surface area contributed by atoms with E-state index < -0.39 is 18.0 Å². The summed E-state index contributed by atoms with van der Waals surface area (Å²) in [5.74, 6) is 0.299. The Kier molecular flexibility index (Phi) is 4.52. The van der Waals surface area contributed by atoms with Gasteiger partial charge in [0.05, 0.1) is 6.26 Å². The molecule has 5 N–H and O–H groups in total. The lowest BCUT2D eigenvalue weighted by Gasteiger charge is -2.14. The third-order valence-corrected chi connectivity index (χ3v) is 2.82. The smallest absolute Gasteiger partial charge is 0.319 e. The van der Waals surface area contributed by atoms with Gasteiger partial charge in [-0.05, 0) is 12.1 Å². The van der Waals surface area contributed by atoms with Crippen LogP contribution in [-0.2, 0) is 11.3 Å². The van der Waals surface area contributed by atoms with Crippen molar-refractivity contribution in [2.24, 2.45) is 5.73 Å². The van der Waals surface area contributed by atoms with E-state index in [0.29, 0.717) is 6.54 Å². The summed E-state index contributed by atoms with van der Waals surface area (Å²) in [6.07, 6.45) is 1.57. The predicted octanol–water partition coefficient (Wildman–Crippen LogP) is 0.279. The average molecular weight is 274 g/mol. The Morgan fingerprint density at radius 2 is 1.95 bits per heavy atom. The summed E-state index contributed by atoms with van der Waals surface area (Å²) in [7, 11) is 0. The van der Waals surface area contributed by atoms with Gasteiger partial charge < -0.3 is 15.5 Å². The number of furan rings is 1. The summed E-state index contributed by atoms with van der Waals surface area (Å²) >= 11 is 0. The first-order chi connectivity index (χ1) is 9.66. The van der Waals surface area contributed by atoms with Crippen molar-refractivity contribution in [3.05, 3.63) is 60.1 Å². The quantitative estimate of drug-likeness (QED) is 0.729. The topological polar surface area (TPSA) is 102 Å². The first-order valence-corrected chi connectivity index (χ1v) is 6.18. The van der Waals surface area contributed by atoms with Crippen molar-refractivity contribution in [3.63, 3.8) is 0 Å². The normalized spacial score (nSPS) is 11.8.